The first-order chi connectivity index (χ1) is 16.1. The van der Waals surface area contributed by atoms with Gasteiger partial charge in [-0.25, -0.2) is 5.43 Å². The number of nitrogens with zero attached hydrogens (tertiary/aromatic N) is 3. The van der Waals surface area contributed by atoms with Crippen LogP contribution in [0.5, 0.6) is 5.75 Å². The van der Waals surface area contributed by atoms with E-state index in [0.29, 0.717) is 23.4 Å². The van der Waals surface area contributed by atoms with Crippen LogP contribution in [-0.2, 0) is 6.54 Å². The molecule has 0 aliphatic rings. The van der Waals surface area contributed by atoms with Crippen LogP contribution in [0.25, 0.3) is 0 Å². The molecular weight excluding hydrogens is 412 g/mol. The lowest BCUT2D eigenvalue weighted by Gasteiger charge is -2.26. The SMILES string of the molecule is C/C(=N/NC(=O)c1ccncc1)c1cccc(CN(c2ccccc2)c2ccccc2)c1O. The van der Waals surface area contributed by atoms with Crippen molar-refractivity contribution in [1.29, 1.82) is 0 Å². The van der Waals surface area contributed by atoms with Crippen LogP contribution in [0, 0.1) is 0 Å². The highest BCUT2D eigenvalue weighted by Crippen LogP contribution is 2.31. The van der Waals surface area contributed by atoms with Gasteiger partial charge in [0.25, 0.3) is 5.91 Å². The number of hydrazone groups is 1. The maximum absolute atomic E-state index is 12.3. The first-order valence-electron chi connectivity index (χ1n) is 10.6. The summed E-state index contributed by atoms with van der Waals surface area (Å²) >= 11 is 0. The minimum Gasteiger partial charge on any atom is -0.507 e. The van der Waals surface area contributed by atoms with E-state index in [4.69, 9.17) is 0 Å². The van der Waals surface area contributed by atoms with Gasteiger partial charge in [0.2, 0.25) is 0 Å². The predicted octanol–water partition coefficient (Wildman–Crippen LogP) is 5.28. The van der Waals surface area contributed by atoms with Crippen LogP contribution in [0.3, 0.4) is 0 Å². The van der Waals surface area contributed by atoms with Gasteiger partial charge in [0.05, 0.1) is 12.3 Å². The molecule has 0 radical (unpaired) electrons. The van der Waals surface area contributed by atoms with Crippen molar-refractivity contribution in [2.75, 3.05) is 4.90 Å². The molecule has 33 heavy (non-hydrogen) atoms. The summed E-state index contributed by atoms with van der Waals surface area (Å²) in [5.41, 5.74) is 6.84. The van der Waals surface area contributed by atoms with Gasteiger partial charge in [-0.2, -0.15) is 5.10 Å². The molecule has 164 valence electrons. The number of anilines is 2. The minimum absolute atomic E-state index is 0.133. The van der Waals surface area contributed by atoms with E-state index in [1.54, 1.807) is 37.5 Å². The molecule has 4 rings (SSSR count). The molecule has 0 spiro atoms. The maximum Gasteiger partial charge on any atom is 0.271 e. The quantitative estimate of drug-likeness (QED) is 0.305. The monoisotopic (exact) mass is 436 g/mol. The fourth-order valence-corrected chi connectivity index (χ4v) is 3.49. The fraction of sp³-hybridized carbons (Fsp3) is 0.0741. The second kappa shape index (κ2) is 10.2. The van der Waals surface area contributed by atoms with Gasteiger partial charge in [-0.15, -0.1) is 0 Å². The zero-order valence-electron chi connectivity index (χ0n) is 18.2. The Morgan fingerprint density at radius 3 is 2.09 bits per heavy atom. The number of aromatic hydroxyl groups is 1. The van der Waals surface area contributed by atoms with Gasteiger partial charge in [0.15, 0.2) is 0 Å². The molecule has 0 aliphatic carbocycles. The van der Waals surface area contributed by atoms with Crippen LogP contribution in [0.4, 0.5) is 11.4 Å². The molecule has 1 aromatic heterocycles. The van der Waals surface area contributed by atoms with Crippen molar-refractivity contribution in [2.45, 2.75) is 13.5 Å². The topological polar surface area (TPSA) is 77.8 Å². The highest BCUT2D eigenvalue weighted by Gasteiger charge is 2.15. The van der Waals surface area contributed by atoms with Gasteiger partial charge in [0, 0.05) is 40.5 Å². The van der Waals surface area contributed by atoms with Gasteiger partial charge in [-0.05, 0) is 49.4 Å². The number of amides is 1. The molecule has 1 heterocycles. The Hall–Kier alpha value is -4.45. The first-order valence-corrected chi connectivity index (χ1v) is 10.6. The third kappa shape index (κ3) is 5.25. The lowest BCUT2D eigenvalue weighted by atomic mass is 10.0. The van der Waals surface area contributed by atoms with E-state index in [9.17, 15) is 9.90 Å². The Balaban J connectivity index is 1.60. The zero-order chi connectivity index (χ0) is 23.0. The molecule has 6 nitrogen and oxygen atoms in total. The Labute approximate surface area is 192 Å². The van der Waals surface area contributed by atoms with E-state index in [0.717, 1.165) is 16.9 Å². The number of rotatable bonds is 7. The summed E-state index contributed by atoms with van der Waals surface area (Å²) in [6.45, 7) is 2.21. The molecular formula is C27H24N4O2. The molecule has 4 aromatic rings. The van der Waals surface area contributed by atoms with Crippen molar-refractivity contribution in [3.8, 4) is 5.75 Å². The van der Waals surface area contributed by atoms with E-state index < -0.39 is 0 Å². The Morgan fingerprint density at radius 1 is 0.879 bits per heavy atom. The van der Waals surface area contributed by atoms with Gasteiger partial charge < -0.3 is 10.0 Å². The normalized spacial score (nSPS) is 11.1. The molecule has 2 N–H and O–H groups in total. The Morgan fingerprint density at radius 2 is 1.48 bits per heavy atom. The van der Waals surface area contributed by atoms with Crippen LogP contribution >= 0.6 is 0 Å². The molecule has 0 atom stereocenters. The highest BCUT2D eigenvalue weighted by molar-refractivity contribution is 6.02. The second-order valence-electron chi connectivity index (χ2n) is 7.44. The number of carbonyl (C=O) groups excluding carboxylic acids is 1. The molecule has 6 heteroatoms. The summed E-state index contributed by atoms with van der Waals surface area (Å²) in [4.78, 5) is 18.3. The number of carbonyl (C=O) groups is 1. The summed E-state index contributed by atoms with van der Waals surface area (Å²) in [6.07, 6.45) is 3.10. The number of phenols is 1. The van der Waals surface area contributed by atoms with Crippen molar-refractivity contribution in [3.63, 3.8) is 0 Å². The van der Waals surface area contributed by atoms with Gasteiger partial charge in [-0.1, -0.05) is 48.5 Å². The van der Waals surface area contributed by atoms with Gasteiger partial charge in [0.1, 0.15) is 5.75 Å². The number of nitrogens with one attached hydrogen (secondary N) is 1. The average molecular weight is 437 g/mol. The number of hydrogen-bond acceptors (Lipinski definition) is 5. The number of benzene rings is 3. The van der Waals surface area contributed by atoms with Crippen molar-refractivity contribution >= 4 is 23.0 Å². The standard InChI is InChI=1S/C27H24N4O2/c1-20(29-30-27(33)21-15-17-28-18-16-21)25-14-8-9-22(26(25)32)19-31(23-10-4-2-5-11-23)24-12-6-3-7-13-24/h2-18,32H,19H2,1H3,(H,30,33)/b29-20-. The van der Waals surface area contributed by atoms with Crippen LogP contribution in [0.15, 0.2) is 108 Å². The molecule has 0 saturated heterocycles. The Bertz CT molecular complexity index is 1200. The number of para-hydroxylation sites is 3. The molecule has 1 amide bonds. The summed E-state index contributed by atoms with van der Waals surface area (Å²) in [6, 6.07) is 28.8. The number of hydrogen-bond donors (Lipinski definition) is 2. The number of aromatic nitrogens is 1. The van der Waals surface area contributed by atoms with Crippen LogP contribution in [0.2, 0.25) is 0 Å². The molecule has 3 aromatic carbocycles. The molecule has 0 fully saturated rings. The lowest BCUT2D eigenvalue weighted by molar-refractivity contribution is 0.0954. The summed E-state index contributed by atoms with van der Waals surface area (Å²) < 4.78 is 0. The smallest absolute Gasteiger partial charge is 0.271 e. The fourth-order valence-electron chi connectivity index (χ4n) is 3.49. The van der Waals surface area contributed by atoms with Crippen LogP contribution in [0.1, 0.15) is 28.4 Å². The third-order valence-electron chi connectivity index (χ3n) is 5.24. The summed E-state index contributed by atoms with van der Waals surface area (Å²) in [5, 5.41) is 15.2. The number of pyridine rings is 1. The van der Waals surface area contributed by atoms with E-state index in [-0.39, 0.29) is 11.7 Å². The van der Waals surface area contributed by atoms with E-state index in [1.807, 2.05) is 72.8 Å². The van der Waals surface area contributed by atoms with Crippen molar-refractivity contribution in [3.05, 3.63) is 120 Å². The van der Waals surface area contributed by atoms with Crippen LogP contribution in [-0.4, -0.2) is 21.7 Å². The molecule has 0 bridgehead atoms. The van der Waals surface area contributed by atoms with Gasteiger partial charge >= 0.3 is 0 Å². The van der Waals surface area contributed by atoms with E-state index in [2.05, 4.69) is 20.4 Å². The van der Waals surface area contributed by atoms with E-state index in [1.165, 1.54) is 0 Å². The largest absolute Gasteiger partial charge is 0.507 e. The lowest BCUT2D eigenvalue weighted by Crippen LogP contribution is -2.19. The third-order valence-corrected chi connectivity index (χ3v) is 5.24. The van der Waals surface area contributed by atoms with Gasteiger partial charge in [-0.3, -0.25) is 9.78 Å². The predicted molar refractivity (Wildman–Crippen MR) is 131 cm³/mol. The summed E-state index contributed by atoms with van der Waals surface area (Å²) in [7, 11) is 0. The molecule has 0 saturated carbocycles. The first kappa shape index (κ1) is 21.8. The maximum atomic E-state index is 12.3. The van der Waals surface area contributed by atoms with Crippen LogP contribution < -0.4 is 10.3 Å². The molecule has 0 aliphatic heterocycles. The average Bonchev–Trinajstić information content (AvgIpc) is 2.88. The van der Waals surface area contributed by atoms with Crippen molar-refractivity contribution in [1.82, 2.24) is 10.4 Å². The van der Waals surface area contributed by atoms with Crippen molar-refractivity contribution in [2.24, 2.45) is 5.10 Å². The molecule has 0 unspecified atom stereocenters. The Kier molecular flexibility index (Phi) is 6.75. The highest BCUT2D eigenvalue weighted by atomic mass is 16.3. The van der Waals surface area contributed by atoms with Crippen molar-refractivity contribution < 1.29 is 9.90 Å². The number of phenolic OH excluding ortho intramolecular Hbond substituents is 1. The second-order valence-corrected chi connectivity index (χ2v) is 7.44. The zero-order valence-corrected chi connectivity index (χ0v) is 18.2. The minimum atomic E-state index is -0.341. The summed E-state index contributed by atoms with van der Waals surface area (Å²) in [5.74, 6) is -0.208. The van der Waals surface area contributed by atoms with E-state index >= 15 is 0 Å².